The molecule has 2 aromatic heterocycles. The van der Waals surface area contributed by atoms with Crippen LogP contribution in [0.25, 0.3) is 11.5 Å². The summed E-state index contributed by atoms with van der Waals surface area (Å²) in [5.41, 5.74) is 4.05. The van der Waals surface area contributed by atoms with E-state index in [1.807, 2.05) is 54.8 Å². The lowest BCUT2D eigenvalue weighted by molar-refractivity contribution is 0.0893. The number of Topliss-reactive ketones (excluding diaryl/α,β-unsaturated/α-hetero) is 1. The first-order chi connectivity index (χ1) is 14.5. The van der Waals surface area contributed by atoms with Crippen LogP contribution in [0, 0.1) is 19.7 Å². The predicted octanol–water partition coefficient (Wildman–Crippen LogP) is 4.60. The molecule has 2 aromatic carbocycles. The van der Waals surface area contributed by atoms with Gasteiger partial charge in [-0.2, -0.15) is 0 Å². The van der Waals surface area contributed by atoms with E-state index in [0.29, 0.717) is 18.0 Å². The van der Waals surface area contributed by atoms with E-state index in [0.717, 1.165) is 22.5 Å². The second-order valence-electron chi connectivity index (χ2n) is 6.95. The van der Waals surface area contributed by atoms with Gasteiger partial charge in [0.15, 0.2) is 6.61 Å². The third kappa shape index (κ3) is 4.15. The zero-order valence-electron chi connectivity index (χ0n) is 16.6. The summed E-state index contributed by atoms with van der Waals surface area (Å²) in [6.45, 7) is 4.15. The number of halogens is 1. The highest BCUT2D eigenvalue weighted by Crippen LogP contribution is 2.21. The van der Waals surface area contributed by atoms with Gasteiger partial charge in [-0.05, 0) is 49.7 Å². The molecule has 0 fully saturated rings. The Morgan fingerprint density at radius 2 is 1.80 bits per heavy atom. The molecule has 152 valence electrons. The van der Waals surface area contributed by atoms with E-state index in [9.17, 15) is 9.18 Å². The van der Waals surface area contributed by atoms with Gasteiger partial charge in [-0.25, -0.2) is 4.39 Å². The summed E-state index contributed by atoms with van der Waals surface area (Å²) in [6, 6.07) is 17.5. The van der Waals surface area contributed by atoms with Crippen LogP contribution in [-0.4, -0.2) is 27.2 Å². The second-order valence-corrected chi connectivity index (χ2v) is 6.95. The first kappa shape index (κ1) is 19.6. The Morgan fingerprint density at radius 1 is 1.07 bits per heavy atom. The summed E-state index contributed by atoms with van der Waals surface area (Å²) in [6.07, 6.45) is -0.0534. The van der Waals surface area contributed by atoms with Crippen LogP contribution in [0.1, 0.15) is 27.3 Å². The van der Waals surface area contributed by atoms with Crippen LogP contribution in [-0.2, 0) is 6.54 Å². The summed E-state index contributed by atoms with van der Waals surface area (Å²) >= 11 is 0. The van der Waals surface area contributed by atoms with E-state index >= 15 is 0 Å². The van der Waals surface area contributed by atoms with Crippen LogP contribution >= 0.6 is 0 Å². The number of rotatable bonds is 7. The Bertz CT molecular complexity index is 1160. The Hall–Kier alpha value is -3.74. The minimum absolute atomic E-state index is 0.0534. The first-order valence-corrected chi connectivity index (χ1v) is 9.47. The molecule has 0 saturated carbocycles. The van der Waals surface area contributed by atoms with Gasteiger partial charge in [-0.3, -0.25) is 4.79 Å². The number of carbonyl (C=O) groups excluding carboxylic acids is 1. The summed E-state index contributed by atoms with van der Waals surface area (Å²) in [5.74, 6) is -0.132. The summed E-state index contributed by atoms with van der Waals surface area (Å²) < 4.78 is 26.0. The summed E-state index contributed by atoms with van der Waals surface area (Å²) in [4.78, 5) is 12.7. The predicted molar refractivity (Wildman–Crippen MR) is 109 cm³/mol. The van der Waals surface area contributed by atoms with Crippen molar-refractivity contribution in [1.29, 1.82) is 0 Å². The minimum Gasteiger partial charge on any atom is -0.441 e. The maximum Gasteiger partial charge on any atom is 0.415 e. The molecular formula is C23H20FN3O3. The fourth-order valence-corrected chi connectivity index (χ4v) is 3.27. The van der Waals surface area contributed by atoms with Crippen molar-refractivity contribution < 1.29 is 18.3 Å². The highest BCUT2D eigenvalue weighted by Gasteiger charge is 2.18. The van der Waals surface area contributed by atoms with Crippen molar-refractivity contribution in [1.82, 2.24) is 14.8 Å². The molecule has 0 amide bonds. The largest absolute Gasteiger partial charge is 0.441 e. The molecular weight excluding hydrogens is 385 g/mol. The van der Waals surface area contributed by atoms with E-state index < -0.39 is 0 Å². The number of aryl methyl sites for hydroxylation is 1. The van der Waals surface area contributed by atoms with E-state index in [4.69, 9.17) is 9.15 Å². The Kier molecular flexibility index (Phi) is 5.43. The number of carbonyl (C=O) groups is 1. The number of hydrogen-bond donors (Lipinski definition) is 0. The molecule has 7 heteroatoms. The Morgan fingerprint density at radius 3 is 2.53 bits per heavy atom. The molecule has 4 aromatic rings. The number of hydrogen-bond acceptors (Lipinski definition) is 5. The lowest BCUT2D eigenvalue weighted by atomic mass is 10.1. The molecule has 30 heavy (non-hydrogen) atoms. The van der Waals surface area contributed by atoms with Crippen molar-refractivity contribution in [2.24, 2.45) is 0 Å². The van der Waals surface area contributed by atoms with E-state index in [1.165, 1.54) is 12.1 Å². The molecule has 0 aliphatic heterocycles. The van der Waals surface area contributed by atoms with Crippen molar-refractivity contribution >= 4 is 5.78 Å². The van der Waals surface area contributed by atoms with Crippen molar-refractivity contribution in [2.75, 3.05) is 6.61 Å². The number of nitrogens with zero attached hydrogens (tertiary/aromatic N) is 3. The number of ketones is 1. The molecule has 0 atom stereocenters. The molecule has 0 spiro atoms. The monoisotopic (exact) mass is 405 g/mol. The van der Waals surface area contributed by atoms with Crippen LogP contribution in [0.15, 0.2) is 65.1 Å². The zero-order valence-corrected chi connectivity index (χ0v) is 16.6. The van der Waals surface area contributed by atoms with Gasteiger partial charge in [0, 0.05) is 29.1 Å². The number of aromatic nitrogens is 3. The van der Waals surface area contributed by atoms with Crippen molar-refractivity contribution in [3.8, 4) is 17.5 Å². The van der Waals surface area contributed by atoms with Crippen LogP contribution in [0.4, 0.5) is 4.39 Å². The van der Waals surface area contributed by atoms with Crippen LogP contribution in [0.2, 0.25) is 0 Å². The minimum atomic E-state index is -0.274. The van der Waals surface area contributed by atoms with Crippen molar-refractivity contribution in [2.45, 2.75) is 20.4 Å². The molecule has 6 nitrogen and oxygen atoms in total. The third-order valence-electron chi connectivity index (χ3n) is 4.88. The van der Waals surface area contributed by atoms with Gasteiger partial charge in [0.05, 0.1) is 0 Å². The Labute approximate surface area is 172 Å². The molecule has 0 bridgehead atoms. The summed E-state index contributed by atoms with van der Waals surface area (Å²) in [5, 5.41) is 7.78. The molecule has 0 unspecified atom stereocenters. The first-order valence-electron chi connectivity index (χ1n) is 9.47. The van der Waals surface area contributed by atoms with Gasteiger partial charge in [0.2, 0.25) is 5.78 Å². The van der Waals surface area contributed by atoms with E-state index in [-0.39, 0.29) is 24.3 Å². The fraction of sp³-hybridized carbons (Fsp3) is 0.174. The average molecular weight is 405 g/mol. The van der Waals surface area contributed by atoms with Crippen LogP contribution in [0.5, 0.6) is 6.08 Å². The Balaban J connectivity index is 1.44. The number of ether oxygens (including phenoxy) is 1. The average Bonchev–Trinajstić information content (AvgIpc) is 3.34. The molecule has 0 saturated heterocycles. The highest BCUT2D eigenvalue weighted by molar-refractivity contribution is 5.98. The molecule has 0 aliphatic rings. The fourth-order valence-electron chi connectivity index (χ4n) is 3.27. The van der Waals surface area contributed by atoms with E-state index in [2.05, 4.69) is 10.2 Å². The summed E-state index contributed by atoms with van der Waals surface area (Å²) in [7, 11) is 0. The SMILES string of the molecule is Cc1cc(C(=O)COc2nnc(-c3ccccc3)o2)c(C)n1Cc1ccc(F)cc1. The quantitative estimate of drug-likeness (QED) is 0.420. The van der Waals surface area contributed by atoms with Gasteiger partial charge in [0.1, 0.15) is 5.82 Å². The normalized spacial score (nSPS) is 10.9. The van der Waals surface area contributed by atoms with Gasteiger partial charge in [0.25, 0.3) is 5.89 Å². The van der Waals surface area contributed by atoms with Gasteiger partial charge in [-0.1, -0.05) is 35.4 Å². The standard InChI is InChI=1S/C23H20FN3O3/c1-15-12-20(16(2)27(15)13-17-8-10-19(24)11-9-17)21(28)14-29-23-26-25-22(30-23)18-6-4-3-5-7-18/h3-12H,13-14H2,1-2H3. The third-order valence-corrected chi connectivity index (χ3v) is 4.88. The van der Waals surface area contributed by atoms with Crippen molar-refractivity contribution in [3.05, 3.63) is 89.0 Å². The smallest absolute Gasteiger partial charge is 0.415 e. The van der Waals surface area contributed by atoms with Gasteiger partial charge in [-0.15, -0.1) is 5.10 Å². The maximum atomic E-state index is 13.1. The topological polar surface area (TPSA) is 70.2 Å². The van der Waals surface area contributed by atoms with Gasteiger partial charge < -0.3 is 13.7 Å². The molecule has 0 aliphatic carbocycles. The molecule has 0 radical (unpaired) electrons. The molecule has 0 N–H and O–H groups in total. The zero-order chi connectivity index (χ0) is 21.1. The lowest BCUT2D eigenvalue weighted by Gasteiger charge is -2.10. The van der Waals surface area contributed by atoms with Crippen LogP contribution < -0.4 is 4.74 Å². The number of benzene rings is 2. The highest BCUT2D eigenvalue weighted by atomic mass is 19.1. The molecule has 2 heterocycles. The van der Waals surface area contributed by atoms with Crippen molar-refractivity contribution in [3.63, 3.8) is 0 Å². The maximum absolute atomic E-state index is 13.1. The second kappa shape index (κ2) is 8.32. The molecule has 4 rings (SSSR count). The lowest BCUT2D eigenvalue weighted by Crippen LogP contribution is -2.13. The van der Waals surface area contributed by atoms with Gasteiger partial charge >= 0.3 is 6.08 Å². The van der Waals surface area contributed by atoms with E-state index in [1.54, 1.807) is 12.1 Å². The van der Waals surface area contributed by atoms with Crippen LogP contribution in [0.3, 0.4) is 0 Å².